The summed E-state index contributed by atoms with van der Waals surface area (Å²) in [7, 11) is 0. The largest absolute Gasteiger partial charge is 0.285 e. The molecule has 0 saturated carbocycles. The lowest BCUT2D eigenvalue weighted by Gasteiger charge is -2.48. The van der Waals surface area contributed by atoms with Crippen LogP contribution in [0, 0.1) is 0 Å². The van der Waals surface area contributed by atoms with Crippen molar-refractivity contribution in [2.45, 2.75) is 12.3 Å². The van der Waals surface area contributed by atoms with Gasteiger partial charge in [-0.05, 0) is 0 Å². The van der Waals surface area contributed by atoms with Gasteiger partial charge in [0.15, 0.2) is 11.2 Å². The summed E-state index contributed by atoms with van der Waals surface area (Å²) in [5, 5.41) is 0. The molecule has 0 aromatic heterocycles. The predicted octanol–water partition coefficient (Wildman–Crippen LogP) is 1.41. The lowest BCUT2D eigenvalue weighted by atomic mass is 10.4. The molecule has 0 aromatic carbocycles. The van der Waals surface area contributed by atoms with Crippen LogP contribution in [-0.4, -0.2) is 120 Å². The van der Waals surface area contributed by atoms with Crippen LogP contribution in [-0.2, 0) is 11.2 Å². The van der Waals surface area contributed by atoms with Crippen LogP contribution in [0.2, 0.25) is 0 Å². The van der Waals surface area contributed by atoms with Crippen molar-refractivity contribution in [1.29, 1.82) is 0 Å². The van der Waals surface area contributed by atoms with Crippen molar-refractivity contribution in [1.82, 2.24) is 18.4 Å². The average Bonchev–Trinajstić information content (AvgIpc) is 2.74. The summed E-state index contributed by atoms with van der Waals surface area (Å²) in [5.41, 5.74) is 0. The normalized spacial score (nSPS) is 35.4. The van der Waals surface area contributed by atoms with E-state index in [9.17, 15) is 4.21 Å². The Balaban J connectivity index is 1.47. The SMILES string of the molecule is O=S(N1CCSCC1N1CCSCC1)N1CCSCC1N1CCSCC1. The Hall–Kier alpha value is 1.39. The molecule has 2 unspecified atom stereocenters. The molecule has 26 heavy (non-hydrogen) atoms. The zero-order valence-corrected chi connectivity index (χ0v) is 19.4. The molecule has 4 aliphatic rings. The highest BCUT2D eigenvalue weighted by atomic mass is 32.2. The first kappa shape index (κ1) is 20.7. The number of hydrogen-bond acceptors (Lipinski definition) is 7. The minimum absolute atomic E-state index is 0.350. The first-order valence-electron chi connectivity index (χ1n) is 9.59. The highest BCUT2D eigenvalue weighted by Crippen LogP contribution is 2.29. The van der Waals surface area contributed by atoms with Crippen LogP contribution in [0.5, 0.6) is 0 Å². The third-order valence-electron chi connectivity index (χ3n) is 5.45. The second-order valence-electron chi connectivity index (χ2n) is 6.92. The number of rotatable bonds is 4. The fraction of sp³-hybridized carbons (Fsp3) is 1.00. The standard InChI is InChI=1S/C16H30N4OS5/c21-26(19-5-11-24-13-15(19)17-1-7-22-8-2-17)20-6-12-25-14-16(20)18-3-9-23-10-4-18/h15-16H,1-14H2. The van der Waals surface area contributed by atoms with Crippen LogP contribution < -0.4 is 0 Å². The molecular formula is C16H30N4OS5. The van der Waals surface area contributed by atoms with E-state index in [2.05, 4.69) is 41.9 Å². The minimum atomic E-state index is -1.01. The zero-order valence-electron chi connectivity index (χ0n) is 15.3. The van der Waals surface area contributed by atoms with Gasteiger partial charge in [0.1, 0.15) is 0 Å². The van der Waals surface area contributed by atoms with Gasteiger partial charge in [0.05, 0.1) is 12.3 Å². The molecule has 2 atom stereocenters. The minimum Gasteiger partial charge on any atom is -0.285 e. The quantitative estimate of drug-likeness (QED) is 0.635. The Morgan fingerprint density at radius 1 is 0.577 bits per heavy atom. The molecule has 0 radical (unpaired) electrons. The van der Waals surface area contributed by atoms with Gasteiger partial charge in [0.25, 0.3) is 0 Å². The van der Waals surface area contributed by atoms with E-state index >= 15 is 0 Å². The molecule has 4 heterocycles. The molecule has 5 nitrogen and oxygen atoms in total. The van der Waals surface area contributed by atoms with Gasteiger partial charge in [-0.3, -0.25) is 9.80 Å². The maximum absolute atomic E-state index is 13.7. The molecule has 0 amide bonds. The summed E-state index contributed by atoms with van der Waals surface area (Å²) >= 11 is 7.16. The van der Waals surface area contributed by atoms with Crippen LogP contribution in [0.25, 0.3) is 0 Å². The first-order chi connectivity index (χ1) is 12.8. The molecule has 0 aromatic rings. The van der Waals surface area contributed by atoms with E-state index in [-0.39, 0.29) is 0 Å². The summed E-state index contributed by atoms with van der Waals surface area (Å²) < 4.78 is 18.4. The maximum Gasteiger partial charge on any atom is 0.175 e. The molecule has 0 aliphatic carbocycles. The lowest BCUT2D eigenvalue weighted by Crippen LogP contribution is -2.62. The lowest BCUT2D eigenvalue weighted by molar-refractivity contribution is 0.105. The molecule has 4 aliphatic heterocycles. The third-order valence-corrected chi connectivity index (χ3v) is 11.0. The van der Waals surface area contributed by atoms with Gasteiger partial charge in [0, 0.05) is 85.3 Å². The Bertz CT molecular complexity index is 436. The highest BCUT2D eigenvalue weighted by Gasteiger charge is 2.39. The van der Waals surface area contributed by atoms with Crippen LogP contribution >= 0.6 is 47.0 Å². The Kier molecular flexibility index (Phi) is 8.28. The Morgan fingerprint density at radius 3 is 1.38 bits per heavy atom. The molecule has 0 N–H and O–H groups in total. The Labute approximate surface area is 177 Å². The second-order valence-corrected chi connectivity index (χ2v) is 13.1. The van der Waals surface area contributed by atoms with Crippen LogP contribution in [0.1, 0.15) is 0 Å². The number of nitrogens with zero attached hydrogens (tertiary/aromatic N) is 4. The van der Waals surface area contributed by atoms with Gasteiger partial charge in [-0.1, -0.05) is 0 Å². The molecular weight excluding hydrogens is 425 g/mol. The van der Waals surface area contributed by atoms with E-state index in [0.717, 1.165) is 62.3 Å². The molecule has 4 fully saturated rings. The smallest absolute Gasteiger partial charge is 0.175 e. The van der Waals surface area contributed by atoms with Gasteiger partial charge in [-0.25, -0.2) is 4.21 Å². The number of thioether (sulfide) groups is 4. The molecule has 4 rings (SSSR count). The van der Waals surface area contributed by atoms with E-state index in [1.54, 1.807) is 0 Å². The third kappa shape index (κ3) is 4.92. The van der Waals surface area contributed by atoms with E-state index < -0.39 is 11.2 Å². The van der Waals surface area contributed by atoms with Crippen molar-refractivity contribution < 1.29 is 4.21 Å². The van der Waals surface area contributed by atoms with E-state index in [1.807, 2.05) is 23.5 Å². The van der Waals surface area contributed by atoms with Crippen molar-refractivity contribution in [2.24, 2.45) is 0 Å². The van der Waals surface area contributed by atoms with E-state index in [4.69, 9.17) is 0 Å². The van der Waals surface area contributed by atoms with Gasteiger partial charge in [-0.15, -0.1) is 0 Å². The van der Waals surface area contributed by atoms with Crippen LogP contribution in [0.4, 0.5) is 0 Å². The first-order valence-corrected chi connectivity index (χ1v) is 15.3. The summed E-state index contributed by atoms with van der Waals surface area (Å²) in [4.78, 5) is 5.18. The van der Waals surface area contributed by atoms with Gasteiger partial charge in [-0.2, -0.15) is 55.7 Å². The van der Waals surface area contributed by atoms with Crippen molar-refractivity contribution in [3.63, 3.8) is 0 Å². The monoisotopic (exact) mass is 454 g/mol. The fourth-order valence-corrected chi connectivity index (χ4v) is 10.0. The summed E-state index contributed by atoms with van der Waals surface area (Å²) in [5.74, 6) is 9.29. The molecule has 10 heteroatoms. The zero-order chi connectivity index (χ0) is 17.8. The Morgan fingerprint density at radius 2 is 0.962 bits per heavy atom. The van der Waals surface area contributed by atoms with Crippen LogP contribution in [0.15, 0.2) is 0 Å². The highest BCUT2D eigenvalue weighted by molar-refractivity contribution is 8.00. The maximum atomic E-state index is 13.7. The van der Waals surface area contributed by atoms with Crippen molar-refractivity contribution in [3.05, 3.63) is 0 Å². The van der Waals surface area contributed by atoms with E-state index in [0.29, 0.717) is 12.3 Å². The van der Waals surface area contributed by atoms with E-state index in [1.165, 1.54) is 23.0 Å². The second kappa shape index (κ2) is 10.4. The van der Waals surface area contributed by atoms with Gasteiger partial charge < -0.3 is 0 Å². The summed E-state index contributed by atoms with van der Waals surface area (Å²) in [6.45, 7) is 6.49. The molecule has 150 valence electrons. The number of hydrogen-bond donors (Lipinski definition) is 0. The topological polar surface area (TPSA) is 30.0 Å². The van der Waals surface area contributed by atoms with Gasteiger partial charge in [0.2, 0.25) is 0 Å². The van der Waals surface area contributed by atoms with Crippen molar-refractivity contribution in [3.8, 4) is 0 Å². The molecule has 0 bridgehead atoms. The predicted molar refractivity (Wildman–Crippen MR) is 122 cm³/mol. The summed E-state index contributed by atoms with van der Waals surface area (Å²) in [6.07, 6.45) is 0.699. The molecule has 4 saturated heterocycles. The average molecular weight is 455 g/mol. The van der Waals surface area contributed by atoms with Crippen LogP contribution in [0.3, 0.4) is 0 Å². The van der Waals surface area contributed by atoms with Crippen molar-refractivity contribution in [2.75, 3.05) is 85.3 Å². The summed E-state index contributed by atoms with van der Waals surface area (Å²) in [6, 6.07) is 0. The van der Waals surface area contributed by atoms with Gasteiger partial charge >= 0.3 is 0 Å². The van der Waals surface area contributed by atoms with Crippen molar-refractivity contribution >= 4 is 58.2 Å². The molecule has 0 spiro atoms. The fourth-order valence-electron chi connectivity index (χ4n) is 3.98.